The van der Waals surface area contributed by atoms with Crippen molar-refractivity contribution in [3.8, 4) is 5.75 Å². The predicted molar refractivity (Wildman–Crippen MR) is 92.0 cm³/mol. The van der Waals surface area contributed by atoms with Gasteiger partial charge in [-0.25, -0.2) is 0 Å². The number of benzene rings is 2. The lowest BCUT2D eigenvalue weighted by atomic mass is 10.0. The van der Waals surface area contributed by atoms with E-state index in [2.05, 4.69) is 29.2 Å². The van der Waals surface area contributed by atoms with Gasteiger partial charge in [-0.3, -0.25) is 9.69 Å². The molecular weight excluding hydrogens is 286 g/mol. The second kappa shape index (κ2) is 7.42. The Balaban J connectivity index is 1.56. The lowest BCUT2D eigenvalue weighted by molar-refractivity contribution is 0.0983. The maximum atomic E-state index is 11.9. The van der Waals surface area contributed by atoms with E-state index in [1.807, 2.05) is 31.2 Å². The van der Waals surface area contributed by atoms with E-state index in [1.54, 1.807) is 0 Å². The van der Waals surface area contributed by atoms with E-state index in [0.717, 1.165) is 26.1 Å². The summed E-state index contributed by atoms with van der Waals surface area (Å²) in [6.45, 7) is 5.41. The second-order valence-corrected chi connectivity index (χ2v) is 5.92. The van der Waals surface area contributed by atoms with E-state index in [0.29, 0.717) is 24.3 Å². The first-order chi connectivity index (χ1) is 11.3. The molecule has 1 aliphatic heterocycles. The van der Waals surface area contributed by atoms with Gasteiger partial charge < -0.3 is 4.74 Å². The Morgan fingerprint density at radius 1 is 1.09 bits per heavy atom. The number of fused-ring (bicyclic) bond motifs is 1. The lowest BCUT2D eigenvalue weighted by Crippen LogP contribution is -2.33. The molecule has 0 aliphatic carbocycles. The molecule has 1 heterocycles. The predicted octanol–water partition coefficient (Wildman–Crippen LogP) is 3.72. The number of hydrogen-bond donors (Lipinski definition) is 0. The van der Waals surface area contributed by atoms with Gasteiger partial charge in [0, 0.05) is 26.1 Å². The highest BCUT2D eigenvalue weighted by molar-refractivity contribution is 5.98. The summed E-state index contributed by atoms with van der Waals surface area (Å²) >= 11 is 0. The monoisotopic (exact) mass is 309 g/mol. The first kappa shape index (κ1) is 15.8. The zero-order valence-corrected chi connectivity index (χ0v) is 13.6. The van der Waals surface area contributed by atoms with Gasteiger partial charge in [-0.2, -0.15) is 0 Å². The molecule has 0 aromatic heterocycles. The maximum Gasteiger partial charge on any atom is 0.166 e. The van der Waals surface area contributed by atoms with Crippen molar-refractivity contribution in [3.05, 3.63) is 65.2 Å². The molecule has 0 N–H and O–H groups in total. The summed E-state index contributed by atoms with van der Waals surface area (Å²) in [5.41, 5.74) is 3.57. The van der Waals surface area contributed by atoms with E-state index < -0.39 is 0 Å². The van der Waals surface area contributed by atoms with Crippen LogP contribution in [-0.2, 0) is 13.0 Å². The van der Waals surface area contributed by atoms with Gasteiger partial charge in [-0.15, -0.1) is 0 Å². The topological polar surface area (TPSA) is 29.5 Å². The Labute approximate surface area is 137 Å². The van der Waals surface area contributed by atoms with Crippen molar-refractivity contribution in [3.63, 3.8) is 0 Å². The summed E-state index contributed by atoms with van der Waals surface area (Å²) in [5.74, 6) is 0.837. The van der Waals surface area contributed by atoms with Gasteiger partial charge in [0.25, 0.3) is 0 Å². The maximum absolute atomic E-state index is 11.9. The van der Waals surface area contributed by atoms with Crippen LogP contribution in [-0.4, -0.2) is 30.4 Å². The fourth-order valence-corrected chi connectivity index (χ4v) is 3.04. The first-order valence-corrected chi connectivity index (χ1v) is 8.32. The van der Waals surface area contributed by atoms with Crippen LogP contribution in [0.15, 0.2) is 48.5 Å². The Morgan fingerprint density at radius 2 is 1.83 bits per heavy atom. The average molecular weight is 309 g/mol. The van der Waals surface area contributed by atoms with Gasteiger partial charge in [0.1, 0.15) is 12.4 Å². The van der Waals surface area contributed by atoms with Crippen molar-refractivity contribution in [1.82, 2.24) is 4.90 Å². The molecule has 0 saturated carbocycles. The third kappa shape index (κ3) is 3.80. The van der Waals surface area contributed by atoms with E-state index in [-0.39, 0.29) is 5.78 Å². The molecule has 0 bridgehead atoms. The van der Waals surface area contributed by atoms with Gasteiger partial charge in [0.05, 0.1) is 5.56 Å². The molecule has 0 fully saturated rings. The summed E-state index contributed by atoms with van der Waals surface area (Å²) in [7, 11) is 0. The highest BCUT2D eigenvalue weighted by atomic mass is 16.5. The minimum absolute atomic E-state index is 0.132. The highest BCUT2D eigenvalue weighted by Gasteiger charge is 2.16. The summed E-state index contributed by atoms with van der Waals surface area (Å²) in [5, 5.41) is 0. The van der Waals surface area contributed by atoms with Crippen molar-refractivity contribution in [2.24, 2.45) is 0 Å². The highest BCUT2D eigenvalue weighted by Crippen LogP contribution is 2.21. The van der Waals surface area contributed by atoms with Crippen LogP contribution in [0.25, 0.3) is 0 Å². The lowest BCUT2D eigenvalue weighted by Gasteiger charge is -2.28. The minimum atomic E-state index is 0.132. The molecule has 0 radical (unpaired) electrons. The van der Waals surface area contributed by atoms with Gasteiger partial charge in [-0.05, 0) is 29.7 Å². The van der Waals surface area contributed by atoms with E-state index >= 15 is 0 Å². The Bertz CT molecular complexity index is 681. The zero-order valence-electron chi connectivity index (χ0n) is 13.6. The largest absolute Gasteiger partial charge is 0.491 e. The normalized spacial score (nSPS) is 14.3. The molecular formula is C20H23NO2. The molecule has 0 spiro atoms. The van der Waals surface area contributed by atoms with Crippen molar-refractivity contribution >= 4 is 5.78 Å². The van der Waals surface area contributed by atoms with Crippen molar-refractivity contribution in [1.29, 1.82) is 0 Å². The second-order valence-electron chi connectivity index (χ2n) is 5.92. The average Bonchev–Trinajstić information content (AvgIpc) is 2.61. The smallest absolute Gasteiger partial charge is 0.166 e. The number of carbonyl (C=O) groups excluding carboxylic acids is 1. The molecule has 3 heteroatoms. The summed E-state index contributed by atoms with van der Waals surface area (Å²) < 4.78 is 5.89. The first-order valence-electron chi connectivity index (χ1n) is 8.32. The van der Waals surface area contributed by atoms with Gasteiger partial charge >= 0.3 is 0 Å². The summed E-state index contributed by atoms with van der Waals surface area (Å²) in [4.78, 5) is 14.4. The molecule has 3 nitrogen and oxygen atoms in total. The number of para-hydroxylation sites is 1. The number of rotatable bonds is 6. The Hall–Kier alpha value is -2.13. The van der Waals surface area contributed by atoms with Crippen LogP contribution in [0, 0.1) is 0 Å². The van der Waals surface area contributed by atoms with Crippen LogP contribution in [0.4, 0.5) is 0 Å². The van der Waals surface area contributed by atoms with Gasteiger partial charge in [0.2, 0.25) is 0 Å². The number of carbonyl (C=O) groups is 1. The van der Waals surface area contributed by atoms with Crippen molar-refractivity contribution < 1.29 is 9.53 Å². The van der Waals surface area contributed by atoms with E-state index in [4.69, 9.17) is 4.74 Å². The number of Topliss-reactive ketones (excluding diaryl/α,β-unsaturated/α-hetero) is 1. The fraction of sp³-hybridized carbons (Fsp3) is 0.350. The van der Waals surface area contributed by atoms with Gasteiger partial charge in [0.15, 0.2) is 5.78 Å². The van der Waals surface area contributed by atoms with Crippen molar-refractivity contribution in [2.45, 2.75) is 26.3 Å². The number of nitrogens with zero attached hydrogens (tertiary/aromatic N) is 1. The molecule has 120 valence electrons. The van der Waals surface area contributed by atoms with Crippen LogP contribution in [0.3, 0.4) is 0 Å². The molecule has 2 aromatic rings. The van der Waals surface area contributed by atoms with E-state index in [1.165, 1.54) is 11.1 Å². The third-order valence-electron chi connectivity index (χ3n) is 4.38. The minimum Gasteiger partial charge on any atom is -0.491 e. The van der Waals surface area contributed by atoms with Crippen LogP contribution >= 0.6 is 0 Å². The standard InChI is InChI=1S/C20H23NO2/c1-2-19(22)18-9-5-6-10-20(18)23-14-13-21-12-11-16-7-3-4-8-17(16)15-21/h3-10H,2,11-15H2,1H3. The molecule has 0 atom stereocenters. The van der Waals surface area contributed by atoms with Crippen LogP contribution in [0.1, 0.15) is 34.8 Å². The molecule has 0 unspecified atom stereocenters. The zero-order chi connectivity index (χ0) is 16.1. The molecule has 3 rings (SSSR count). The number of ether oxygens (including phenoxy) is 1. The molecule has 1 aliphatic rings. The van der Waals surface area contributed by atoms with Crippen LogP contribution in [0.5, 0.6) is 5.75 Å². The quantitative estimate of drug-likeness (QED) is 0.762. The van der Waals surface area contributed by atoms with Crippen LogP contribution < -0.4 is 4.74 Å². The Kier molecular flexibility index (Phi) is 5.09. The Morgan fingerprint density at radius 3 is 2.65 bits per heavy atom. The molecule has 0 amide bonds. The number of hydrogen-bond acceptors (Lipinski definition) is 3. The summed E-state index contributed by atoms with van der Waals surface area (Å²) in [6.07, 6.45) is 1.60. The van der Waals surface area contributed by atoms with Gasteiger partial charge in [-0.1, -0.05) is 43.3 Å². The molecule has 2 aromatic carbocycles. The summed E-state index contributed by atoms with van der Waals surface area (Å²) in [6, 6.07) is 16.2. The van der Waals surface area contributed by atoms with E-state index in [9.17, 15) is 4.79 Å². The molecule has 23 heavy (non-hydrogen) atoms. The van der Waals surface area contributed by atoms with Crippen LogP contribution in [0.2, 0.25) is 0 Å². The number of ketones is 1. The SMILES string of the molecule is CCC(=O)c1ccccc1OCCN1CCc2ccccc2C1. The van der Waals surface area contributed by atoms with Crippen molar-refractivity contribution in [2.75, 3.05) is 19.7 Å². The molecule has 0 saturated heterocycles. The third-order valence-corrected chi connectivity index (χ3v) is 4.38. The fourth-order valence-electron chi connectivity index (χ4n) is 3.04.